The average Bonchev–Trinajstić information content (AvgIpc) is 2.69. The van der Waals surface area contributed by atoms with Gasteiger partial charge in [-0.05, 0) is 33.4 Å². The van der Waals surface area contributed by atoms with Gasteiger partial charge in [-0.3, -0.25) is 0 Å². The molecule has 0 bridgehead atoms. The maximum Gasteiger partial charge on any atom is 0.161 e. The van der Waals surface area contributed by atoms with Crippen LogP contribution in [0.5, 0.6) is 0 Å². The summed E-state index contributed by atoms with van der Waals surface area (Å²) in [5.74, 6) is -3.19. The third-order valence-electron chi connectivity index (χ3n) is 2.19. The lowest BCUT2D eigenvalue weighted by molar-refractivity contribution is 0.490. The van der Waals surface area contributed by atoms with Crippen LogP contribution in [-0.4, -0.2) is 0 Å². The van der Waals surface area contributed by atoms with Gasteiger partial charge in [0.05, 0.1) is 5.38 Å². The molecule has 1 atom stereocenters. The lowest BCUT2D eigenvalue weighted by atomic mass is 10.1. The summed E-state index contributed by atoms with van der Waals surface area (Å²) in [6, 6.07) is 3.04. The second-order valence-corrected chi connectivity index (χ2v) is 5.52. The molecule has 1 aromatic heterocycles. The van der Waals surface area contributed by atoms with Crippen LogP contribution in [0, 0.1) is 17.5 Å². The molecular formula is C11H5BrClF3S. The van der Waals surface area contributed by atoms with Gasteiger partial charge in [-0.2, -0.15) is 0 Å². The summed E-state index contributed by atoms with van der Waals surface area (Å²) in [4.78, 5) is 0.650. The van der Waals surface area contributed by atoms with Crippen LogP contribution < -0.4 is 0 Å². The molecule has 2 rings (SSSR count). The van der Waals surface area contributed by atoms with E-state index >= 15 is 0 Å². The van der Waals surface area contributed by atoms with Gasteiger partial charge in [0.2, 0.25) is 0 Å². The number of hydrogen-bond donors (Lipinski definition) is 0. The van der Waals surface area contributed by atoms with E-state index in [0.29, 0.717) is 15.4 Å². The second kappa shape index (κ2) is 5.00. The SMILES string of the molecule is Fc1cc(F)c(C(Cl)c2sccc2Br)cc1F. The summed E-state index contributed by atoms with van der Waals surface area (Å²) in [6.07, 6.45) is 0. The van der Waals surface area contributed by atoms with E-state index in [1.54, 1.807) is 11.4 Å². The Kier molecular flexibility index (Phi) is 3.80. The van der Waals surface area contributed by atoms with Gasteiger partial charge in [-0.15, -0.1) is 22.9 Å². The second-order valence-electron chi connectivity index (χ2n) is 3.28. The third-order valence-corrected chi connectivity index (χ3v) is 4.71. The minimum Gasteiger partial charge on any atom is -0.207 e. The molecule has 0 spiro atoms. The fourth-order valence-electron chi connectivity index (χ4n) is 1.36. The van der Waals surface area contributed by atoms with Gasteiger partial charge in [0, 0.05) is 21.0 Å². The van der Waals surface area contributed by atoms with Crippen LogP contribution in [0.25, 0.3) is 0 Å². The van der Waals surface area contributed by atoms with Gasteiger partial charge in [0.25, 0.3) is 0 Å². The lowest BCUT2D eigenvalue weighted by Gasteiger charge is -2.10. The van der Waals surface area contributed by atoms with E-state index in [4.69, 9.17) is 11.6 Å². The Morgan fingerprint density at radius 3 is 2.35 bits per heavy atom. The summed E-state index contributed by atoms with van der Waals surface area (Å²) in [6.45, 7) is 0. The van der Waals surface area contributed by atoms with Crippen LogP contribution >= 0.6 is 38.9 Å². The van der Waals surface area contributed by atoms with E-state index in [0.717, 1.165) is 6.07 Å². The molecule has 0 amide bonds. The average molecular weight is 342 g/mol. The molecule has 0 saturated carbocycles. The van der Waals surface area contributed by atoms with E-state index in [1.807, 2.05) is 0 Å². The van der Waals surface area contributed by atoms with Gasteiger partial charge in [-0.1, -0.05) is 0 Å². The van der Waals surface area contributed by atoms with Crippen molar-refractivity contribution in [1.82, 2.24) is 0 Å². The van der Waals surface area contributed by atoms with Crippen LogP contribution in [0.2, 0.25) is 0 Å². The Morgan fingerprint density at radius 1 is 1.12 bits per heavy atom. The summed E-state index contributed by atoms with van der Waals surface area (Å²) < 4.78 is 40.1. The first-order valence-electron chi connectivity index (χ1n) is 4.52. The van der Waals surface area contributed by atoms with E-state index < -0.39 is 22.8 Å². The zero-order valence-corrected chi connectivity index (χ0v) is 11.3. The molecule has 0 aliphatic rings. The molecule has 1 heterocycles. The largest absolute Gasteiger partial charge is 0.207 e. The number of rotatable bonds is 2. The molecule has 1 aromatic carbocycles. The Bertz CT molecular complexity index is 556. The smallest absolute Gasteiger partial charge is 0.161 e. The van der Waals surface area contributed by atoms with Crippen LogP contribution in [0.4, 0.5) is 13.2 Å². The third kappa shape index (κ3) is 2.51. The maximum absolute atomic E-state index is 13.5. The molecule has 0 N–H and O–H groups in total. The van der Waals surface area contributed by atoms with Gasteiger partial charge >= 0.3 is 0 Å². The van der Waals surface area contributed by atoms with E-state index in [2.05, 4.69) is 15.9 Å². The van der Waals surface area contributed by atoms with Crippen molar-refractivity contribution in [2.45, 2.75) is 5.38 Å². The number of hydrogen-bond acceptors (Lipinski definition) is 1. The Balaban J connectivity index is 2.48. The molecule has 0 radical (unpaired) electrons. The molecule has 0 fully saturated rings. The molecule has 0 aliphatic carbocycles. The topological polar surface area (TPSA) is 0 Å². The highest BCUT2D eigenvalue weighted by Crippen LogP contribution is 2.38. The Morgan fingerprint density at radius 2 is 1.76 bits per heavy atom. The minimum atomic E-state index is -1.22. The predicted molar refractivity (Wildman–Crippen MR) is 66.0 cm³/mol. The predicted octanol–water partition coefficient (Wildman–Crippen LogP) is 5.26. The number of benzene rings is 1. The van der Waals surface area contributed by atoms with Crippen molar-refractivity contribution in [2.24, 2.45) is 0 Å². The summed E-state index contributed by atoms with van der Waals surface area (Å²) in [5, 5.41) is 0.923. The molecule has 0 aliphatic heterocycles. The quantitative estimate of drug-likeness (QED) is 0.516. The first kappa shape index (κ1) is 12.9. The first-order valence-corrected chi connectivity index (χ1v) is 6.63. The van der Waals surface area contributed by atoms with Crippen LogP contribution in [0.3, 0.4) is 0 Å². The van der Waals surface area contributed by atoms with Gasteiger partial charge < -0.3 is 0 Å². The van der Waals surface area contributed by atoms with E-state index in [-0.39, 0.29) is 5.56 Å². The standard InChI is InChI=1S/C11H5BrClF3S/c12-6-1-2-17-11(6)10(13)5-3-8(15)9(16)4-7(5)14/h1-4,10H. The summed E-state index contributed by atoms with van der Waals surface area (Å²) in [7, 11) is 0. The zero-order chi connectivity index (χ0) is 12.6. The normalized spacial score (nSPS) is 12.8. The molecular weight excluding hydrogens is 337 g/mol. The highest BCUT2D eigenvalue weighted by Gasteiger charge is 2.21. The molecule has 1 unspecified atom stereocenters. The van der Waals surface area contributed by atoms with Crippen molar-refractivity contribution in [1.29, 1.82) is 0 Å². The highest BCUT2D eigenvalue weighted by molar-refractivity contribution is 9.10. The van der Waals surface area contributed by atoms with Gasteiger partial charge in [0.15, 0.2) is 11.6 Å². The lowest BCUT2D eigenvalue weighted by Crippen LogP contribution is -1.99. The van der Waals surface area contributed by atoms with Crippen molar-refractivity contribution in [3.8, 4) is 0 Å². The summed E-state index contributed by atoms with van der Waals surface area (Å²) in [5.41, 5.74) is -0.0753. The van der Waals surface area contributed by atoms with Crippen LogP contribution in [0.1, 0.15) is 15.8 Å². The van der Waals surface area contributed by atoms with Crippen molar-refractivity contribution < 1.29 is 13.2 Å². The number of alkyl halides is 1. The minimum absolute atomic E-state index is 0.0753. The number of thiophene rings is 1. The monoisotopic (exact) mass is 340 g/mol. The van der Waals surface area contributed by atoms with Gasteiger partial charge in [0.1, 0.15) is 5.82 Å². The van der Waals surface area contributed by atoms with Gasteiger partial charge in [-0.25, -0.2) is 13.2 Å². The molecule has 0 nitrogen and oxygen atoms in total. The van der Waals surface area contributed by atoms with Crippen molar-refractivity contribution >= 4 is 38.9 Å². The van der Waals surface area contributed by atoms with Crippen LogP contribution in [0.15, 0.2) is 28.1 Å². The van der Waals surface area contributed by atoms with Crippen molar-refractivity contribution in [3.05, 3.63) is 55.9 Å². The fourth-order valence-corrected chi connectivity index (χ4v) is 3.52. The van der Waals surface area contributed by atoms with E-state index in [9.17, 15) is 13.2 Å². The van der Waals surface area contributed by atoms with Crippen molar-refractivity contribution in [3.63, 3.8) is 0 Å². The highest BCUT2D eigenvalue weighted by atomic mass is 79.9. The molecule has 90 valence electrons. The van der Waals surface area contributed by atoms with E-state index in [1.165, 1.54) is 11.3 Å². The Hall–Kier alpha value is -0.520. The molecule has 17 heavy (non-hydrogen) atoms. The number of halogens is 5. The van der Waals surface area contributed by atoms with Crippen molar-refractivity contribution in [2.75, 3.05) is 0 Å². The molecule has 6 heteroatoms. The fraction of sp³-hybridized carbons (Fsp3) is 0.0909. The summed E-state index contributed by atoms with van der Waals surface area (Å²) >= 11 is 10.6. The Labute approximate surface area is 113 Å². The maximum atomic E-state index is 13.5. The zero-order valence-electron chi connectivity index (χ0n) is 8.18. The molecule has 2 aromatic rings. The molecule has 0 saturated heterocycles. The first-order chi connectivity index (χ1) is 8.00. The van der Waals surface area contributed by atoms with Crippen LogP contribution in [-0.2, 0) is 0 Å².